The molecular weight excluding hydrogens is 310 g/mol. The van der Waals surface area contributed by atoms with Gasteiger partial charge in [-0.2, -0.15) is 5.10 Å². The van der Waals surface area contributed by atoms with Crippen molar-refractivity contribution in [3.8, 4) is 0 Å². The molecule has 0 saturated heterocycles. The normalized spacial score (nSPS) is 10.9. The smallest absolute Gasteiger partial charge is 0.311 e. The van der Waals surface area contributed by atoms with E-state index < -0.39 is 0 Å². The van der Waals surface area contributed by atoms with E-state index in [0.29, 0.717) is 17.4 Å². The highest BCUT2D eigenvalue weighted by Gasteiger charge is 2.07. The number of ether oxygens (including phenoxy) is 1. The van der Waals surface area contributed by atoms with Gasteiger partial charge in [0.15, 0.2) is 0 Å². The van der Waals surface area contributed by atoms with Crippen LogP contribution in [-0.4, -0.2) is 23.8 Å². The van der Waals surface area contributed by atoms with Crippen molar-refractivity contribution in [2.75, 3.05) is 12.0 Å². The highest BCUT2D eigenvalue weighted by atomic mass is 32.1. The summed E-state index contributed by atoms with van der Waals surface area (Å²) in [7, 11) is 0. The monoisotopic (exact) mass is 331 g/mol. The Labute approximate surface area is 140 Å². The summed E-state index contributed by atoms with van der Waals surface area (Å²) in [5, 5.41) is 6.66. The van der Waals surface area contributed by atoms with Gasteiger partial charge >= 0.3 is 5.97 Å². The van der Waals surface area contributed by atoms with Gasteiger partial charge in [-0.3, -0.25) is 10.2 Å². The lowest BCUT2D eigenvalue weighted by molar-refractivity contribution is -0.142. The largest absolute Gasteiger partial charge is 0.466 e. The summed E-state index contributed by atoms with van der Waals surface area (Å²) in [6, 6.07) is 8.33. The summed E-state index contributed by atoms with van der Waals surface area (Å²) in [4.78, 5) is 15.7. The standard InChI is InChI=1S/C17H21N3O2S/c1-3-5-13-6-8-14(9-7-13)11-18-20-17-19-15(12-23-17)10-16(21)22-4-2/h6-9,11-12H,3-5,10H2,1-2H3,(H,19,20). The lowest BCUT2D eigenvalue weighted by Crippen LogP contribution is -2.07. The second kappa shape index (κ2) is 9.05. The summed E-state index contributed by atoms with van der Waals surface area (Å²) >= 11 is 1.41. The van der Waals surface area contributed by atoms with Gasteiger partial charge in [-0.25, -0.2) is 4.98 Å². The lowest BCUT2D eigenvalue weighted by Gasteiger charge is -1.99. The summed E-state index contributed by atoms with van der Waals surface area (Å²) in [6.07, 6.45) is 4.18. The van der Waals surface area contributed by atoms with Gasteiger partial charge in [0.1, 0.15) is 0 Å². The topological polar surface area (TPSA) is 63.6 Å². The van der Waals surface area contributed by atoms with Crippen LogP contribution >= 0.6 is 11.3 Å². The van der Waals surface area contributed by atoms with Crippen molar-refractivity contribution in [3.05, 3.63) is 46.5 Å². The zero-order valence-corrected chi connectivity index (χ0v) is 14.2. The van der Waals surface area contributed by atoms with Gasteiger partial charge in [0.25, 0.3) is 0 Å². The number of anilines is 1. The molecule has 0 aliphatic rings. The minimum atomic E-state index is -0.264. The Morgan fingerprint density at radius 3 is 2.83 bits per heavy atom. The zero-order chi connectivity index (χ0) is 16.5. The van der Waals surface area contributed by atoms with Gasteiger partial charge in [-0.1, -0.05) is 37.6 Å². The maximum Gasteiger partial charge on any atom is 0.311 e. The molecule has 0 saturated carbocycles. The molecule has 0 spiro atoms. The van der Waals surface area contributed by atoms with Crippen LogP contribution in [-0.2, 0) is 22.4 Å². The van der Waals surface area contributed by atoms with Gasteiger partial charge in [-0.15, -0.1) is 11.3 Å². The van der Waals surface area contributed by atoms with Crippen LogP contribution < -0.4 is 5.43 Å². The SMILES string of the molecule is CCCc1ccc(C=NNc2nc(CC(=O)OCC)cs2)cc1. The molecule has 0 atom stereocenters. The van der Waals surface area contributed by atoms with E-state index in [-0.39, 0.29) is 12.4 Å². The molecule has 6 heteroatoms. The number of nitrogens with zero attached hydrogens (tertiary/aromatic N) is 2. The van der Waals surface area contributed by atoms with Crippen LogP contribution in [0.15, 0.2) is 34.7 Å². The molecule has 0 aliphatic heterocycles. The third kappa shape index (κ3) is 5.83. The molecule has 1 aromatic carbocycles. The summed E-state index contributed by atoms with van der Waals surface area (Å²) in [6.45, 7) is 4.34. The highest BCUT2D eigenvalue weighted by molar-refractivity contribution is 7.13. The van der Waals surface area contributed by atoms with Crippen molar-refractivity contribution in [2.24, 2.45) is 5.10 Å². The Bertz CT molecular complexity index is 650. The van der Waals surface area contributed by atoms with Gasteiger partial charge in [0.2, 0.25) is 5.13 Å². The van der Waals surface area contributed by atoms with Gasteiger partial charge in [-0.05, 0) is 24.5 Å². The van der Waals surface area contributed by atoms with Crippen LogP contribution in [0.1, 0.15) is 37.1 Å². The number of benzene rings is 1. The van der Waals surface area contributed by atoms with Crippen molar-refractivity contribution in [2.45, 2.75) is 33.1 Å². The molecule has 1 heterocycles. The van der Waals surface area contributed by atoms with Crippen molar-refractivity contribution >= 4 is 28.7 Å². The lowest BCUT2D eigenvalue weighted by atomic mass is 10.1. The quantitative estimate of drug-likeness (QED) is 0.456. The summed E-state index contributed by atoms with van der Waals surface area (Å²) in [5.74, 6) is -0.264. The van der Waals surface area contributed by atoms with Crippen LogP contribution in [0.2, 0.25) is 0 Å². The molecule has 1 aromatic heterocycles. The molecule has 23 heavy (non-hydrogen) atoms. The molecule has 0 fully saturated rings. The molecule has 0 unspecified atom stereocenters. The van der Waals surface area contributed by atoms with Crippen LogP contribution in [0.5, 0.6) is 0 Å². The summed E-state index contributed by atoms with van der Waals surface area (Å²) < 4.78 is 4.90. The number of thiazole rings is 1. The van der Waals surface area contributed by atoms with E-state index in [4.69, 9.17) is 4.74 Å². The number of aromatic nitrogens is 1. The third-order valence-corrected chi connectivity index (χ3v) is 3.87. The minimum absolute atomic E-state index is 0.189. The Morgan fingerprint density at radius 1 is 1.35 bits per heavy atom. The van der Waals surface area contributed by atoms with E-state index in [1.54, 1.807) is 13.1 Å². The predicted molar refractivity (Wildman–Crippen MR) is 94.1 cm³/mol. The van der Waals surface area contributed by atoms with Crippen LogP contribution in [0.3, 0.4) is 0 Å². The molecule has 0 aliphatic carbocycles. The number of nitrogens with one attached hydrogen (secondary N) is 1. The van der Waals surface area contributed by atoms with Gasteiger partial charge in [0, 0.05) is 5.38 Å². The zero-order valence-electron chi connectivity index (χ0n) is 13.4. The number of rotatable bonds is 8. The number of carbonyl (C=O) groups excluding carboxylic acids is 1. The Kier molecular flexibility index (Phi) is 6.75. The number of aryl methyl sites for hydroxylation is 1. The van der Waals surface area contributed by atoms with Crippen LogP contribution in [0, 0.1) is 0 Å². The first kappa shape index (κ1) is 17.1. The number of hydrogen-bond acceptors (Lipinski definition) is 6. The fourth-order valence-electron chi connectivity index (χ4n) is 2.02. The number of hydrogen-bond donors (Lipinski definition) is 1. The molecule has 2 rings (SSSR count). The molecular formula is C17H21N3O2S. The van der Waals surface area contributed by atoms with Crippen molar-refractivity contribution in [1.29, 1.82) is 0 Å². The minimum Gasteiger partial charge on any atom is -0.466 e. The Morgan fingerprint density at radius 2 is 2.13 bits per heavy atom. The predicted octanol–water partition coefficient (Wildman–Crippen LogP) is 3.65. The van der Waals surface area contributed by atoms with Crippen LogP contribution in [0.25, 0.3) is 0 Å². The van der Waals surface area contributed by atoms with E-state index in [0.717, 1.165) is 18.4 Å². The molecule has 0 bridgehead atoms. The van der Waals surface area contributed by atoms with Gasteiger partial charge in [0.05, 0.1) is 24.9 Å². The number of hydrazone groups is 1. The fraction of sp³-hybridized carbons (Fsp3) is 0.353. The first-order valence-electron chi connectivity index (χ1n) is 7.69. The summed E-state index contributed by atoms with van der Waals surface area (Å²) in [5.41, 5.74) is 5.94. The number of esters is 1. The molecule has 0 radical (unpaired) electrons. The maximum atomic E-state index is 11.4. The van der Waals surface area contributed by atoms with E-state index in [1.165, 1.54) is 16.9 Å². The van der Waals surface area contributed by atoms with E-state index >= 15 is 0 Å². The fourth-order valence-corrected chi connectivity index (χ4v) is 2.68. The third-order valence-electron chi connectivity index (χ3n) is 3.07. The van der Waals surface area contributed by atoms with Crippen molar-refractivity contribution < 1.29 is 9.53 Å². The first-order valence-corrected chi connectivity index (χ1v) is 8.57. The molecule has 122 valence electrons. The average Bonchev–Trinajstić information content (AvgIpc) is 2.97. The van der Waals surface area contributed by atoms with E-state index in [1.807, 2.05) is 17.5 Å². The second-order valence-corrected chi connectivity index (χ2v) is 5.85. The van der Waals surface area contributed by atoms with Crippen LogP contribution in [0.4, 0.5) is 5.13 Å². The highest BCUT2D eigenvalue weighted by Crippen LogP contribution is 2.16. The second-order valence-electron chi connectivity index (χ2n) is 4.99. The Hall–Kier alpha value is -2.21. The van der Waals surface area contributed by atoms with Crippen molar-refractivity contribution in [3.63, 3.8) is 0 Å². The molecule has 0 amide bonds. The Balaban J connectivity index is 1.85. The molecule has 1 N–H and O–H groups in total. The van der Waals surface area contributed by atoms with Crippen molar-refractivity contribution in [1.82, 2.24) is 4.98 Å². The molecule has 2 aromatic rings. The molecule has 5 nitrogen and oxygen atoms in total. The first-order chi connectivity index (χ1) is 11.2. The number of carbonyl (C=O) groups is 1. The van der Waals surface area contributed by atoms with E-state index in [9.17, 15) is 4.79 Å². The van der Waals surface area contributed by atoms with E-state index in [2.05, 4.69) is 34.6 Å². The maximum absolute atomic E-state index is 11.4. The average molecular weight is 331 g/mol. The van der Waals surface area contributed by atoms with Gasteiger partial charge < -0.3 is 4.74 Å².